The first-order valence-corrected chi connectivity index (χ1v) is 11.4. The van der Waals surface area contributed by atoms with Gasteiger partial charge >= 0.3 is 0 Å². The number of carbonyl (C=O) groups is 2. The van der Waals surface area contributed by atoms with Crippen molar-refractivity contribution in [1.82, 2.24) is 15.2 Å². The minimum atomic E-state index is -0.473. The van der Waals surface area contributed by atoms with Gasteiger partial charge in [-0.1, -0.05) is 56.7 Å². The van der Waals surface area contributed by atoms with E-state index in [0.29, 0.717) is 6.54 Å². The fourth-order valence-electron chi connectivity index (χ4n) is 5.25. The smallest absolute Gasteiger partial charge is 0.255 e. The highest BCUT2D eigenvalue weighted by molar-refractivity contribution is 6.01. The van der Waals surface area contributed by atoms with Crippen molar-refractivity contribution in [2.75, 3.05) is 0 Å². The summed E-state index contributed by atoms with van der Waals surface area (Å²) in [5, 5.41) is 4.56. The van der Waals surface area contributed by atoms with Gasteiger partial charge in [0, 0.05) is 28.7 Å². The van der Waals surface area contributed by atoms with Crippen LogP contribution in [-0.2, 0) is 17.8 Å². The van der Waals surface area contributed by atoms with Crippen molar-refractivity contribution in [1.29, 1.82) is 0 Å². The van der Waals surface area contributed by atoms with Crippen molar-refractivity contribution in [2.24, 2.45) is 5.92 Å². The van der Waals surface area contributed by atoms with E-state index in [1.54, 1.807) is 4.90 Å². The Morgan fingerprint density at radius 2 is 1.97 bits per heavy atom. The molecule has 0 fully saturated rings. The van der Waals surface area contributed by atoms with E-state index < -0.39 is 6.04 Å². The zero-order valence-corrected chi connectivity index (χ0v) is 18.2. The summed E-state index contributed by atoms with van der Waals surface area (Å²) in [6.07, 6.45) is 3.82. The van der Waals surface area contributed by atoms with Crippen LogP contribution in [-0.4, -0.2) is 27.7 Å². The molecule has 1 aliphatic carbocycles. The van der Waals surface area contributed by atoms with Crippen LogP contribution in [0, 0.1) is 5.92 Å². The molecule has 2 amide bonds. The molecule has 5 nitrogen and oxygen atoms in total. The third-order valence-electron chi connectivity index (χ3n) is 7.07. The van der Waals surface area contributed by atoms with Crippen molar-refractivity contribution >= 4 is 22.7 Å². The first-order valence-electron chi connectivity index (χ1n) is 11.4. The second kappa shape index (κ2) is 7.88. The number of aromatic nitrogens is 1. The fourth-order valence-corrected chi connectivity index (χ4v) is 5.25. The molecule has 5 heteroatoms. The zero-order valence-electron chi connectivity index (χ0n) is 18.2. The van der Waals surface area contributed by atoms with E-state index in [9.17, 15) is 9.59 Å². The summed E-state index contributed by atoms with van der Waals surface area (Å²) in [6, 6.07) is 15.5. The van der Waals surface area contributed by atoms with Crippen LogP contribution in [0.1, 0.15) is 66.3 Å². The topological polar surface area (TPSA) is 65.2 Å². The minimum Gasteiger partial charge on any atom is -0.356 e. The summed E-state index contributed by atoms with van der Waals surface area (Å²) < 4.78 is 0. The summed E-state index contributed by atoms with van der Waals surface area (Å²) in [4.78, 5) is 32.0. The number of H-pyrrole nitrogens is 1. The lowest BCUT2D eigenvalue weighted by Gasteiger charge is -2.33. The van der Waals surface area contributed by atoms with E-state index in [4.69, 9.17) is 0 Å². The van der Waals surface area contributed by atoms with Crippen LogP contribution in [0.5, 0.6) is 0 Å². The molecule has 2 aromatic carbocycles. The number of nitrogens with one attached hydrogen (secondary N) is 2. The molecule has 0 saturated heterocycles. The second-order valence-corrected chi connectivity index (χ2v) is 8.94. The Balaban J connectivity index is 1.43. The average Bonchev–Trinajstić information content (AvgIpc) is 3.33. The Morgan fingerprint density at radius 1 is 1.19 bits per heavy atom. The molecular formula is C26H29N3O2. The van der Waals surface area contributed by atoms with E-state index in [1.807, 2.05) is 30.3 Å². The monoisotopic (exact) mass is 415 g/mol. The summed E-state index contributed by atoms with van der Waals surface area (Å²) in [6.45, 7) is 4.64. The quantitative estimate of drug-likeness (QED) is 0.633. The van der Waals surface area contributed by atoms with Gasteiger partial charge in [0.1, 0.15) is 6.04 Å². The number of nitrogens with zero attached hydrogens (tertiary/aromatic N) is 1. The van der Waals surface area contributed by atoms with Gasteiger partial charge in [-0.2, -0.15) is 0 Å². The van der Waals surface area contributed by atoms with E-state index in [1.165, 1.54) is 10.9 Å². The number of para-hydroxylation sites is 1. The fraction of sp³-hybridized carbons (Fsp3) is 0.385. The number of hydrogen-bond acceptors (Lipinski definition) is 2. The molecule has 3 atom stereocenters. The van der Waals surface area contributed by atoms with Crippen LogP contribution >= 0.6 is 0 Å². The Morgan fingerprint density at radius 3 is 2.77 bits per heavy atom. The first kappa shape index (κ1) is 19.9. The molecule has 3 aromatic rings. The molecule has 0 bridgehead atoms. The average molecular weight is 416 g/mol. The highest BCUT2D eigenvalue weighted by Crippen LogP contribution is 2.35. The Labute approximate surface area is 182 Å². The Kier molecular flexibility index (Phi) is 5.05. The van der Waals surface area contributed by atoms with Crippen LogP contribution in [0.3, 0.4) is 0 Å². The molecule has 2 heterocycles. The van der Waals surface area contributed by atoms with Crippen LogP contribution in [0.25, 0.3) is 10.9 Å². The Hall–Kier alpha value is -3.08. The van der Waals surface area contributed by atoms with Gasteiger partial charge in [-0.25, -0.2) is 0 Å². The maximum Gasteiger partial charge on any atom is 0.255 e. The largest absolute Gasteiger partial charge is 0.356 e. The van der Waals surface area contributed by atoms with Gasteiger partial charge in [-0.15, -0.1) is 0 Å². The molecule has 160 valence electrons. The van der Waals surface area contributed by atoms with Crippen molar-refractivity contribution in [2.45, 2.75) is 58.2 Å². The number of rotatable bonds is 5. The number of carbonyl (C=O) groups excluding carboxylic acids is 2. The molecule has 2 N–H and O–H groups in total. The number of fused-ring (bicyclic) bond motifs is 4. The molecule has 0 unspecified atom stereocenters. The lowest BCUT2D eigenvalue weighted by molar-refractivity contribution is -0.128. The zero-order chi connectivity index (χ0) is 21.5. The minimum absolute atomic E-state index is 0.0361. The standard InChI is InChI=1S/C26H29N3O2/c1-3-16(2)24(29-15-17-9-4-5-10-18(17)26(29)31)25(30)28-22-14-8-12-20-19-11-6-7-13-21(19)27-23(20)22/h4-7,9-11,13,16,22,24,27H,3,8,12,14-15H2,1-2H3,(H,28,30)/t16-,22+,24+/m0/s1. The summed E-state index contributed by atoms with van der Waals surface area (Å²) in [5.41, 5.74) is 5.29. The molecule has 0 radical (unpaired) electrons. The molecule has 1 aliphatic heterocycles. The number of aromatic amines is 1. The predicted molar refractivity (Wildman–Crippen MR) is 122 cm³/mol. The van der Waals surface area contributed by atoms with E-state index in [-0.39, 0.29) is 23.8 Å². The predicted octanol–water partition coefficient (Wildman–Crippen LogP) is 4.73. The molecule has 0 spiro atoms. The van der Waals surface area contributed by atoms with Gasteiger partial charge in [0.2, 0.25) is 5.91 Å². The number of aryl methyl sites for hydroxylation is 1. The van der Waals surface area contributed by atoms with Gasteiger partial charge in [0.25, 0.3) is 5.91 Å². The third kappa shape index (κ3) is 3.32. The molecule has 1 aromatic heterocycles. The maximum atomic E-state index is 13.6. The SMILES string of the molecule is CC[C@H](C)[C@H](C(=O)N[C@@H]1CCCc2c1[nH]c1ccccc21)N1Cc2ccccc2C1=O. The van der Waals surface area contributed by atoms with E-state index in [0.717, 1.165) is 48.0 Å². The van der Waals surface area contributed by atoms with Gasteiger partial charge in [-0.05, 0) is 48.4 Å². The van der Waals surface area contributed by atoms with Crippen LogP contribution in [0.15, 0.2) is 48.5 Å². The normalized spacial score (nSPS) is 19.7. The van der Waals surface area contributed by atoms with Gasteiger partial charge in [-0.3, -0.25) is 9.59 Å². The number of hydrogen-bond donors (Lipinski definition) is 2. The summed E-state index contributed by atoms with van der Waals surface area (Å²) in [5.74, 6) is -0.0120. The highest BCUT2D eigenvalue weighted by atomic mass is 16.2. The van der Waals surface area contributed by atoms with Gasteiger partial charge in [0.05, 0.1) is 6.04 Å². The summed E-state index contributed by atoms with van der Waals surface area (Å²) >= 11 is 0. The Bertz CT molecular complexity index is 1150. The number of benzene rings is 2. The molecule has 31 heavy (non-hydrogen) atoms. The van der Waals surface area contributed by atoms with Crippen LogP contribution in [0.4, 0.5) is 0 Å². The highest BCUT2D eigenvalue weighted by Gasteiger charge is 2.39. The number of amides is 2. The van der Waals surface area contributed by atoms with Gasteiger partial charge < -0.3 is 15.2 Å². The molecule has 5 rings (SSSR count). The second-order valence-electron chi connectivity index (χ2n) is 8.94. The third-order valence-corrected chi connectivity index (χ3v) is 7.07. The van der Waals surface area contributed by atoms with E-state index >= 15 is 0 Å². The van der Waals surface area contributed by atoms with Gasteiger partial charge in [0.15, 0.2) is 0 Å². The maximum absolute atomic E-state index is 13.6. The van der Waals surface area contributed by atoms with Crippen molar-refractivity contribution in [3.05, 3.63) is 70.9 Å². The van der Waals surface area contributed by atoms with Crippen molar-refractivity contribution in [3.8, 4) is 0 Å². The van der Waals surface area contributed by atoms with E-state index in [2.05, 4.69) is 42.3 Å². The summed E-state index contributed by atoms with van der Waals surface area (Å²) in [7, 11) is 0. The van der Waals surface area contributed by atoms with Crippen LogP contribution in [0.2, 0.25) is 0 Å². The lowest BCUT2D eigenvalue weighted by Crippen LogP contribution is -2.51. The van der Waals surface area contributed by atoms with Crippen molar-refractivity contribution in [3.63, 3.8) is 0 Å². The molecule has 0 saturated carbocycles. The lowest BCUT2D eigenvalue weighted by atomic mass is 9.90. The van der Waals surface area contributed by atoms with Crippen LogP contribution < -0.4 is 5.32 Å². The molecular weight excluding hydrogens is 386 g/mol. The first-order chi connectivity index (χ1) is 15.1. The van der Waals surface area contributed by atoms with Crippen molar-refractivity contribution < 1.29 is 9.59 Å². The molecule has 2 aliphatic rings.